The van der Waals surface area contributed by atoms with Crippen LogP contribution in [0.1, 0.15) is 23.7 Å². The minimum absolute atomic E-state index is 0.0414. The van der Waals surface area contributed by atoms with E-state index in [-0.39, 0.29) is 24.4 Å². The SMILES string of the molecule is CCNC(=O)CCNC(=O)c1cc(Br)ccc1F. The van der Waals surface area contributed by atoms with Gasteiger partial charge in [-0.15, -0.1) is 0 Å². The molecule has 98 valence electrons. The number of hydrogen-bond acceptors (Lipinski definition) is 2. The summed E-state index contributed by atoms with van der Waals surface area (Å²) >= 11 is 3.17. The molecule has 0 heterocycles. The predicted octanol–water partition coefficient (Wildman–Crippen LogP) is 1.84. The van der Waals surface area contributed by atoms with Crippen molar-refractivity contribution in [3.8, 4) is 0 Å². The van der Waals surface area contributed by atoms with Gasteiger partial charge in [0.2, 0.25) is 5.91 Å². The lowest BCUT2D eigenvalue weighted by molar-refractivity contribution is -0.120. The lowest BCUT2D eigenvalue weighted by Crippen LogP contribution is -2.31. The molecule has 2 amide bonds. The van der Waals surface area contributed by atoms with Crippen LogP contribution in [0.15, 0.2) is 22.7 Å². The number of rotatable bonds is 5. The Balaban J connectivity index is 2.50. The van der Waals surface area contributed by atoms with Crippen molar-refractivity contribution in [3.05, 3.63) is 34.1 Å². The average molecular weight is 317 g/mol. The molecule has 0 bridgehead atoms. The van der Waals surface area contributed by atoms with Crippen LogP contribution in [-0.2, 0) is 4.79 Å². The van der Waals surface area contributed by atoms with Gasteiger partial charge in [0.05, 0.1) is 5.56 Å². The first-order valence-corrected chi connectivity index (χ1v) is 6.34. The Hall–Kier alpha value is -1.43. The highest BCUT2D eigenvalue weighted by Crippen LogP contribution is 2.15. The van der Waals surface area contributed by atoms with Gasteiger partial charge in [-0.2, -0.15) is 0 Å². The number of hydrogen-bond donors (Lipinski definition) is 2. The monoisotopic (exact) mass is 316 g/mol. The van der Waals surface area contributed by atoms with Crippen LogP contribution in [0.4, 0.5) is 4.39 Å². The van der Waals surface area contributed by atoms with Gasteiger partial charge in [0.25, 0.3) is 5.91 Å². The Morgan fingerprint density at radius 1 is 1.33 bits per heavy atom. The lowest BCUT2D eigenvalue weighted by atomic mass is 10.2. The van der Waals surface area contributed by atoms with Crippen molar-refractivity contribution in [2.75, 3.05) is 13.1 Å². The molecule has 1 rings (SSSR count). The zero-order chi connectivity index (χ0) is 13.5. The van der Waals surface area contributed by atoms with Crippen LogP contribution in [0.2, 0.25) is 0 Å². The largest absolute Gasteiger partial charge is 0.356 e. The fourth-order valence-electron chi connectivity index (χ4n) is 1.34. The molecular weight excluding hydrogens is 303 g/mol. The molecule has 1 aromatic rings. The minimum Gasteiger partial charge on any atom is -0.356 e. The van der Waals surface area contributed by atoms with Gasteiger partial charge in [-0.1, -0.05) is 15.9 Å². The first kappa shape index (κ1) is 14.6. The Morgan fingerprint density at radius 3 is 2.72 bits per heavy atom. The van der Waals surface area contributed by atoms with Gasteiger partial charge in [-0.25, -0.2) is 4.39 Å². The first-order chi connectivity index (χ1) is 8.54. The van der Waals surface area contributed by atoms with Crippen molar-refractivity contribution in [1.82, 2.24) is 10.6 Å². The summed E-state index contributed by atoms with van der Waals surface area (Å²) in [4.78, 5) is 22.8. The van der Waals surface area contributed by atoms with Crippen LogP contribution >= 0.6 is 15.9 Å². The van der Waals surface area contributed by atoms with Gasteiger partial charge < -0.3 is 10.6 Å². The number of halogens is 2. The Kier molecular flexibility index (Phi) is 5.77. The second-order valence-corrected chi connectivity index (χ2v) is 4.50. The smallest absolute Gasteiger partial charge is 0.254 e. The van der Waals surface area contributed by atoms with Gasteiger partial charge in [-0.3, -0.25) is 9.59 Å². The molecule has 18 heavy (non-hydrogen) atoms. The highest BCUT2D eigenvalue weighted by atomic mass is 79.9. The Morgan fingerprint density at radius 2 is 2.06 bits per heavy atom. The third kappa shape index (κ3) is 4.44. The third-order valence-corrected chi connectivity index (χ3v) is 2.68. The molecule has 0 fully saturated rings. The van der Waals surface area contributed by atoms with Gasteiger partial charge >= 0.3 is 0 Å². The summed E-state index contributed by atoms with van der Waals surface area (Å²) < 4.78 is 14.0. The topological polar surface area (TPSA) is 58.2 Å². The summed E-state index contributed by atoms with van der Waals surface area (Å²) in [6.07, 6.45) is 0.176. The van der Waals surface area contributed by atoms with E-state index in [0.29, 0.717) is 11.0 Å². The standard InChI is InChI=1S/C12H14BrFN2O2/c1-2-15-11(17)5-6-16-12(18)9-7-8(13)3-4-10(9)14/h3-4,7H,2,5-6H2,1H3,(H,15,17)(H,16,18). The number of nitrogens with one attached hydrogen (secondary N) is 2. The molecule has 0 aromatic heterocycles. The fraction of sp³-hybridized carbons (Fsp3) is 0.333. The van der Waals surface area contributed by atoms with Crippen LogP contribution in [-0.4, -0.2) is 24.9 Å². The maximum atomic E-state index is 13.4. The second-order valence-electron chi connectivity index (χ2n) is 3.58. The van der Waals surface area contributed by atoms with Crippen molar-refractivity contribution >= 4 is 27.7 Å². The Labute approximate surface area is 113 Å². The molecule has 2 N–H and O–H groups in total. The van der Waals surface area contributed by atoms with Crippen molar-refractivity contribution in [1.29, 1.82) is 0 Å². The molecule has 4 nitrogen and oxygen atoms in total. The van der Waals surface area contributed by atoms with E-state index in [2.05, 4.69) is 26.6 Å². The second kappa shape index (κ2) is 7.10. The van der Waals surface area contributed by atoms with Crippen molar-refractivity contribution in [3.63, 3.8) is 0 Å². The minimum atomic E-state index is -0.589. The Bertz CT molecular complexity index is 452. The van der Waals surface area contributed by atoms with E-state index in [0.717, 1.165) is 0 Å². The van der Waals surface area contributed by atoms with Crippen LogP contribution < -0.4 is 10.6 Å². The van der Waals surface area contributed by atoms with Gasteiger partial charge in [0.1, 0.15) is 5.82 Å². The third-order valence-electron chi connectivity index (χ3n) is 2.18. The van der Waals surface area contributed by atoms with Gasteiger partial charge in [0, 0.05) is 24.0 Å². The predicted molar refractivity (Wildman–Crippen MR) is 69.7 cm³/mol. The molecule has 0 spiro atoms. The number of amides is 2. The normalized spacial score (nSPS) is 9.94. The van der Waals surface area contributed by atoms with E-state index in [1.54, 1.807) is 0 Å². The van der Waals surface area contributed by atoms with Crippen molar-refractivity contribution in [2.45, 2.75) is 13.3 Å². The summed E-state index contributed by atoms with van der Waals surface area (Å²) in [5.74, 6) is -1.26. The number of carbonyl (C=O) groups is 2. The number of carbonyl (C=O) groups excluding carboxylic acids is 2. The molecule has 0 unspecified atom stereocenters. The van der Waals surface area contributed by atoms with Crippen molar-refractivity contribution in [2.24, 2.45) is 0 Å². The van der Waals surface area contributed by atoms with E-state index in [1.807, 2.05) is 6.92 Å². The summed E-state index contributed by atoms with van der Waals surface area (Å²) in [6.45, 7) is 2.54. The molecular formula is C12H14BrFN2O2. The first-order valence-electron chi connectivity index (χ1n) is 5.54. The van der Waals surface area contributed by atoms with Gasteiger partial charge in [-0.05, 0) is 25.1 Å². The molecule has 1 aromatic carbocycles. The molecule has 6 heteroatoms. The van der Waals surface area contributed by atoms with Crippen LogP contribution in [0.3, 0.4) is 0 Å². The van der Waals surface area contributed by atoms with E-state index >= 15 is 0 Å². The quantitative estimate of drug-likeness (QED) is 0.871. The summed E-state index contributed by atoms with van der Waals surface area (Å²) in [5, 5.41) is 5.10. The average Bonchev–Trinajstić information content (AvgIpc) is 2.32. The molecule has 0 radical (unpaired) electrons. The maximum absolute atomic E-state index is 13.4. The molecule has 0 aliphatic carbocycles. The van der Waals surface area contributed by atoms with E-state index in [1.165, 1.54) is 18.2 Å². The van der Waals surface area contributed by atoms with E-state index in [4.69, 9.17) is 0 Å². The molecule has 0 saturated heterocycles. The van der Waals surface area contributed by atoms with Crippen LogP contribution in [0.5, 0.6) is 0 Å². The van der Waals surface area contributed by atoms with Crippen LogP contribution in [0, 0.1) is 5.82 Å². The molecule has 0 atom stereocenters. The van der Waals surface area contributed by atoms with E-state index < -0.39 is 11.7 Å². The maximum Gasteiger partial charge on any atom is 0.254 e. The van der Waals surface area contributed by atoms with Crippen molar-refractivity contribution < 1.29 is 14.0 Å². The fourth-order valence-corrected chi connectivity index (χ4v) is 1.70. The zero-order valence-corrected chi connectivity index (χ0v) is 11.5. The van der Waals surface area contributed by atoms with Crippen LogP contribution in [0.25, 0.3) is 0 Å². The lowest BCUT2D eigenvalue weighted by Gasteiger charge is -2.06. The molecule has 0 saturated carbocycles. The molecule has 0 aliphatic rings. The van der Waals surface area contributed by atoms with E-state index in [9.17, 15) is 14.0 Å². The van der Waals surface area contributed by atoms with Gasteiger partial charge in [0.15, 0.2) is 0 Å². The number of benzene rings is 1. The summed E-state index contributed by atoms with van der Waals surface area (Å²) in [5.41, 5.74) is -0.0414. The highest BCUT2D eigenvalue weighted by Gasteiger charge is 2.12. The molecule has 0 aliphatic heterocycles. The summed E-state index contributed by atoms with van der Waals surface area (Å²) in [6, 6.07) is 4.13. The summed E-state index contributed by atoms with van der Waals surface area (Å²) in [7, 11) is 0. The highest BCUT2D eigenvalue weighted by molar-refractivity contribution is 9.10. The zero-order valence-electron chi connectivity index (χ0n) is 9.93.